The van der Waals surface area contributed by atoms with Crippen LogP contribution in [0.4, 0.5) is 0 Å². The van der Waals surface area contributed by atoms with E-state index >= 15 is 0 Å². The molecule has 4 rings (SSSR count). The maximum absolute atomic E-state index is 4.41. The zero-order valence-corrected chi connectivity index (χ0v) is 11.7. The summed E-state index contributed by atoms with van der Waals surface area (Å²) in [4.78, 5) is 8.61. The summed E-state index contributed by atoms with van der Waals surface area (Å²) in [6.07, 6.45) is 7.48. The van der Waals surface area contributed by atoms with Gasteiger partial charge in [-0.3, -0.25) is 9.97 Å². The molecule has 1 aromatic carbocycles. The number of hydrogen-bond acceptors (Lipinski definition) is 2. The van der Waals surface area contributed by atoms with Crippen LogP contribution in [0, 0.1) is 6.07 Å². The van der Waals surface area contributed by atoms with E-state index < -0.39 is 0 Å². The van der Waals surface area contributed by atoms with E-state index in [1.807, 2.05) is 36.8 Å². The van der Waals surface area contributed by atoms with Crippen molar-refractivity contribution in [3.8, 4) is 0 Å². The van der Waals surface area contributed by atoms with E-state index in [0.29, 0.717) is 0 Å². The molecule has 4 aromatic rings. The van der Waals surface area contributed by atoms with Crippen LogP contribution < -0.4 is 0 Å². The third-order valence-electron chi connectivity index (χ3n) is 3.07. The molecule has 0 fully saturated rings. The van der Waals surface area contributed by atoms with Crippen LogP contribution in [0.25, 0.3) is 27.3 Å². The normalized spacial score (nSPS) is 10.9. The van der Waals surface area contributed by atoms with Crippen LogP contribution in [0.15, 0.2) is 49.1 Å². The van der Waals surface area contributed by atoms with Gasteiger partial charge in [0.1, 0.15) is 0 Å². The SMILES string of the molecule is [Ir].[c-]1cccc2c1c1nccn1c1ccncc21. The number of rotatable bonds is 0. The van der Waals surface area contributed by atoms with Gasteiger partial charge in [-0.1, -0.05) is 5.39 Å². The predicted octanol–water partition coefficient (Wildman–Crippen LogP) is 2.83. The van der Waals surface area contributed by atoms with Gasteiger partial charge in [-0.25, -0.2) is 0 Å². The second kappa shape index (κ2) is 4.16. The molecule has 0 unspecified atom stereocenters. The summed E-state index contributed by atoms with van der Waals surface area (Å²) in [6.45, 7) is 0. The minimum Gasteiger partial charge on any atom is -0.340 e. The Hall–Kier alpha value is -1.77. The van der Waals surface area contributed by atoms with Gasteiger partial charge in [-0.15, -0.1) is 29.7 Å². The van der Waals surface area contributed by atoms with E-state index in [2.05, 4.69) is 26.5 Å². The van der Waals surface area contributed by atoms with Crippen molar-refractivity contribution < 1.29 is 20.1 Å². The van der Waals surface area contributed by atoms with Crippen LogP contribution in [0.3, 0.4) is 0 Å². The van der Waals surface area contributed by atoms with Gasteiger partial charge in [-0.05, 0) is 11.5 Å². The smallest absolute Gasteiger partial charge is 0.0608 e. The summed E-state index contributed by atoms with van der Waals surface area (Å²) in [5.41, 5.74) is 2.07. The Bertz CT molecular complexity index is 781. The van der Waals surface area contributed by atoms with Gasteiger partial charge in [0.25, 0.3) is 0 Å². The van der Waals surface area contributed by atoms with Crippen LogP contribution >= 0.6 is 0 Å². The van der Waals surface area contributed by atoms with Crippen LogP contribution in [0.5, 0.6) is 0 Å². The zero-order valence-electron chi connectivity index (χ0n) is 9.29. The molecule has 0 atom stereocenters. The second-order valence-corrected chi connectivity index (χ2v) is 3.97. The number of pyridine rings is 2. The molecular formula is C14H8IrN3-. The van der Waals surface area contributed by atoms with Gasteiger partial charge < -0.3 is 4.40 Å². The monoisotopic (exact) mass is 411 g/mol. The first kappa shape index (κ1) is 11.3. The molecule has 0 aliphatic heterocycles. The van der Waals surface area contributed by atoms with E-state index in [4.69, 9.17) is 0 Å². The zero-order chi connectivity index (χ0) is 11.2. The average molecular weight is 410 g/mol. The van der Waals surface area contributed by atoms with Crippen molar-refractivity contribution in [2.45, 2.75) is 0 Å². The molecule has 0 aliphatic rings. The number of benzene rings is 1. The summed E-state index contributed by atoms with van der Waals surface area (Å²) in [5.74, 6) is 0. The summed E-state index contributed by atoms with van der Waals surface area (Å²) in [5, 5.41) is 3.32. The number of imidazole rings is 1. The topological polar surface area (TPSA) is 30.2 Å². The van der Waals surface area contributed by atoms with Crippen molar-refractivity contribution >= 4 is 27.3 Å². The maximum Gasteiger partial charge on any atom is 0.0608 e. The van der Waals surface area contributed by atoms with Gasteiger partial charge in [-0.2, -0.15) is 0 Å². The summed E-state index contributed by atoms with van der Waals surface area (Å²) < 4.78 is 2.08. The molecule has 18 heavy (non-hydrogen) atoms. The third kappa shape index (κ3) is 1.40. The van der Waals surface area contributed by atoms with Gasteiger partial charge in [0.2, 0.25) is 0 Å². The Morgan fingerprint density at radius 1 is 1.11 bits per heavy atom. The third-order valence-corrected chi connectivity index (χ3v) is 3.07. The van der Waals surface area contributed by atoms with Gasteiger partial charge in [0.05, 0.1) is 5.65 Å². The number of hydrogen-bond donors (Lipinski definition) is 0. The fourth-order valence-electron chi connectivity index (χ4n) is 2.33. The number of aromatic nitrogens is 3. The second-order valence-electron chi connectivity index (χ2n) is 3.97. The van der Waals surface area contributed by atoms with Gasteiger partial charge in [0, 0.05) is 50.4 Å². The molecule has 1 radical (unpaired) electrons. The van der Waals surface area contributed by atoms with E-state index in [0.717, 1.165) is 27.3 Å². The largest absolute Gasteiger partial charge is 0.340 e. The maximum atomic E-state index is 4.41. The Balaban J connectivity index is 0.000001000. The minimum absolute atomic E-state index is 0. The molecule has 0 amide bonds. The molecule has 0 aliphatic carbocycles. The average Bonchev–Trinajstić information content (AvgIpc) is 2.89. The van der Waals surface area contributed by atoms with Crippen molar-refractivity contribution in [2.24, 2.45) is 0 Å². The first-order chi connectivity index (χ1) is 8.45. The van der Waals surface area contributed by atoms with Crippen molar-refractivity contribution in [1.82, 2.24) is 14.4 Å². The van der Waals surface area contributed by atoms with E-state index in [1.54, 1.807) is 6.20 Å². The molecule has 0 saturated carbocycles. The Morgan fingerprint density at radius 2 is 2.06 bits per heavy atom. The van der Waals surface area contributed by atoms with E-state index in [1.165, 1.54) is 0 Å². The molecule has 4 heteroatoms. The first-order valence-electron chi connectivity index (χ1n) is 5.44. The molecule has 0 bridgehead atoms. The standard InChI is InChI=1S/C14H8N3.Ir/c1-2-4-11-10(3-1)12-9-15-6-5-13(12)17-8-7-16-14(11)17;/h1-3,5-9H;/q-1;. The molecule has 89 valence electrons. The fraction of sp³-hybridized carbons (Fsp3) is 0. The van der Waals surface area contributed by atoms with Crippen molar-refractivity contribution in [2.75, 3.05) is 0 Å². The quantitative estimate of drug-likeness (QED) is 0.330. The van der Waals surface area contributed by atoms with Crippen LogP contribution in [0.1, 0.15) is 0 Å². The minimum atomic E-state index is 0. The van der Waals surface area contributed by atoms with E-state index in [9.17, 15) is 0 Å². The molecule has 3 nitrogen and oxygen atoms in total. The van der Waals surface area contributed by atoms with E-state index in [-0.39, 0.29) is 20.1 Å². The summed E-state index contributed by atoms with van der Waals surface area (Å²) in [6, 6.07) is 11.3. The molecule has 0 spiro atoms. The molecule has 0 saturated heterocycles. The van der Waals surface area contributed by atoms with Gasteiger partial charge >= 0.3 is 0 Å². The molecule has 3 aromatic heterocycles. The summed E-state index contributed by atoms with van der Waals surface area (Å²) >= 11 is 0. The molecule has 3 heterocycles. The van der Waals surface area contributed by atoms with Crippen LogP contribution in [0.2, 0.25) is 0 Å². The first-order valence-corrected chi connectivity index (χ1v) is 5.44. The number of nitrogens with zero attached hydrogens (tertiary/aromatic N) is 3. The van der Waals surface area contributed by atoms with Crippen molar-refractivity contribution in [1.29, 1.82) is 0 Å². The molecule has 0 N–H and O–H groups in total. The fourth-order valence-corrected chi connectivity index (χ4v) is 2.33. The van der Waals surface area contributed by atoms with Gasteiger partial charge in [0.15, 0.2) is 0 Å². The molecular weight excluding hydrogens is 402 g/mol. The Kier molecular flexibility index (Phi) is 2.62. The Morgan fingerprint density at radius 3 is 3.00 bits per heavy atom. The van der Waals surface area contributed by atoms with Crippen LogP contribution in [-0.2, 0) is 20.1 Å². The predicted molar refractivity (Wildman–Crippen MR) is 66.8 cm³/mol. The van der Waals surface area contributed by atoms with Crippen LogP contribution in [-0.4, -0.2) is 14.4 Å². The Labute approximate surface area is 117 Å². The number of fused-ring (bicyclic) bond motifs is 6. The summed E-state index contributed by atoms with van der Waals surface area (Å²) in [7, 11) is 0. The van der Waals surface area contributed by atoms with Crippen molar-refractivity contribution in [3.05, 3.63) is 55.1 Å². The van der Waals surface area contributed by atoms with Crippen molar-refractivity contribution in [3.63, 3.8) is 0 Å².